The lowest BCUT2D eigenvalue weighted by Gasteiger charge is -2.11. The number of ether oxygens (including phenoxy) is 1. The van der Waals surface area contributed by atoms with Crippen LogP contribution < -0.4 is 4.74 Å². The van der Waals surface area contributed by atoms with Gasteiger partial charge in [0.25, 0.3) is 0 Å². The van der Waals surface area contributed by atoms with Crippen molar-refractivity contribution in [3.05, 3.63) is 42.0 Å². The molecule has 0 fully saturated rings. The lowest BCUT2D eigenvalue weighted by Crippen LogP contribution is -1.96. The molecule has 1 heteroatoms. The molecule has 1 rings (SSSR count). The highest BCUT2D eigenvalue weighted by molar-refractivity contribution is 5.38. The molecule has 76 valence electrons. The van der Waals surface area contributed by atoms with Crippen LogP contribution in [0, 0.1) is 6.92 Å². The van der Waals surface area contributed by atoms with Crippen LogP contribution in [0.25, 0.3) is 0 Å². The summed E-state index contributed by atoms with van der Waals surface area (Å²) in [5.74, 6) is 1.39. The fourth-order valence-corrected chi connectivity index (χ4v) is 1.41. The summed E-state index contributed by atoms with van der Waals surface area (Å²) in [7, 11) is 0. The standard InChI is InChI=1S/C13H18O/c1-5-10(3)12-7-8-13(14-6-2)11(4)9-12/h5,7-10H,1,6H2,2-4H3. The van der Waals surface area contributed by atoms with Gasteiger partial charge in [0, 0.05) is 0 Å². The maximum Gasteiger partial charge on any atom is 0.122 e. The molecule has 1 atom stereocenters. The number of hydrogen-bond donors (Lipinski definition) is 0. The van der Waals surface area contributed by atoms with Crippen LogP contribution in [0.1, 0.15) is 30.9 Å². The van der Waals surface area contributed by atoms with Crippen molar-refractivity contribution in [3.8, 4) is 5.75 Å². The van der Waals surface area contributed by atoms with Gasteiger partial charge in [0.1, 0.15) is 5.75 Å². The maximum atomic E-state index is 5.48. The van der Waals surface area contributed by atoms with Crippen molar-refractivity contribution < 1.29 is 4.74 Å². The number of hydrogen-bond acceptors (Lipinski definition) is 1. The largest absolute Gasteiger partial charge is 0.494 e. The SMILES string of the molecule is C=CC(C)c1ccc(OCC)c(C)c1. The van der Waals surface area contributed by atoms with Crippen LogP contribution in [0.3, 0.4) is 0 Å². The first-order valence-electron chi connectivity index (χ1n) is 5.05. The van der Waals surface area contributed by atoms with Crippen molar-refractivity contribution in [3.63, 3.8) is 0 Å². The zero-order chi connectivity index (χ0) is 10.6. The molecule has 1 unspecified atom stereocenters. The minimum Gasteiger partial charge on any atom is -0.494 e. The predicted octanol–water partition coefficient (Wildman–Crippen LogP) is 3.68. The Bertz CT molecular complexity index is 315. The van der Waals surface area contributed by atoms with Gasteiger partial charge in [-0.25, -0.2) is 0 Å². The second-order valence-corrected chi connectivity index (χ2v) is 3.48. The smallest absolute Gasteiger partial charge is 0.122 e. The first kappa shape index (κ1) is 10.8. The van der Waals surface area contributed by atoms with Crippen LogP contribution in [0.2, 0.25) is 0 Å². The summed E-state index contributed by atoms with van der Waals surface area (Å²) >= 11 is 0. The van der Waals surface area contributed by atoms with Crippen molar-refractivity contribution >= 4 is 0 Å². The van der Waals surface area contributed by atoms with Gasteiger partial charge < -0.3 is 4.74 Å². The molecule has 0 saturated carbocycles. The van der Waals surface area contributed by atoms with Crippen LogP contribution >= 0.6 is 0 Å². The molecular formula is C13H18O. The molecule has 1 nitrogen and oxygen atoms in total. The molecule has 0 aliphatic heterocycles. The zero-order valence-corrected chi connectivity index (χ0v) is 9.21. The minimum absolute atomic E-state index is 0.407. The molecule has 0 aliphatic rings. The molecular weight excluding hydrogens is 172 g/mol. The molecule has 0 N–H and O–H groups in total. The summed E-state index contributed by atoms with van der Waals surface area (Å²) in [4.78, 5) is 0. The molecule has 0 aromatic heterocycles. The Morgan fingerprint density at radius 2 is 2.21 bits per heavy atom. The highest BCUT2D eigenvalue weighted by Gasteiger charge is 2.04. The van der Waals surface area contributed by atoms with Gasteiger partial charge in [-0.2, -0.15) is 0 Å². The Kier molecular flexibility index (Phi) is 3.75. The summed E-state index contributed by atoms with van der Waals surface area (Å²) in [5, 5.41) is 0. The molecule has 0 spiro atoms. The van der Waals surface area contributed by atoms with E-state index in [1.54, 1.807) is 0 Å². The lowest BCUT2D eigenvalue weighted by atomic mass is 9.99. The van der Waals surface area contributed by atoms with Gasteiger partial charge in [0.15, 0.2) is 0 Å². The summed E-state index contributed by atoms with van der Waals surface area (Å²) in [6.07, 6.45) is 1.95. The van der Waals surface area contributed by atoms with Crippen LogP contribution in [-0.4, -0.2) is 6.61 Å². The van der Waals surface area contributed by atoms with E-state index in [9.17, 15) is 0 Å². The molecule has 14 heavy (non-hydrogen) atoms. The summed E-state index contributed by atoms with van der Waals surface area (Å²) in [6.45, 7) is 10.7. The third kappa shape index (κ3) is 2.38. The van der Waals surface area contributed by atoms with E-state index in [2.05, 4.69) is 32.6 Å². The highest BCUT2D eigenvalue weighted by Crippen LogP contribution is 2.24. The molecule has 0 saturated heterocycles. The van der Waals surface area contributed by atoms with Crippen molar-refractivity contribution in [2.24, 2.45) is 0 Å². The van der Waals surface area contributed by atoms with Crippen molar-refractivity contribution in [1.29, 1.82) is 0 Å². The average molecular weight is 190 g/mol. The van der Waals surface area contributed by atoms with Gasteiger partial charge in [-0.15, -0.1) is 6.58 Å². The molecule has 0 heterocycles. The van der Waals surface area contributed by atoms with E-state index < -0.39 is 0 Å². The minimum atomic E-state index is 0.407. The van der Waals surface area contributed by atoms with Gasteiger partial charge in [0.05, 0.1) is 6.61 Å². The first-order valence-corrected chi connectivity index (χ1v) is 5.05. The second-order valence-electron chi connectivity index (χ2n) is 3.48. The number of rotatable bonds is 4. The van der Waals surface area contributed by atoms with E-state index in [1.165, 1.54) is 11.1 Å². The lowest BCUT2D eigenvalue weighted by molar-refractivity contribution is 0.338. The van der Waals surface area contributed by atoms with Gasteiger partial charge >= 0.3 is 0 Å². The van der Waals surface area contributed by atoms with E-state index in [0.29, 0.717) is 5.92 Å². The molecule has 0 radical (unpaired) electrons. The third-order valence-electron chi connectivity index (χ3n) is 2.38. The van der Waals surface area contributed by atoms with E-state index in [0.717, 1.165) is 12.4 Å². The topological polar surface area (TPSA) is 9.23 Å². The van der Waals surface area contributed by atoms with Crippen LogP contribution in [0.4, 0.5) is 0 Å². The molecule has 0 aliphatic carbocycles. The monoisotopic (exact) mass is 190 g/mol. The normalized spacial score (nSPS) is 12.2. The fourth-order valence-electron chi connectivity index (χ4n) is 1.41. The Morgan fingerprint density at radius 1 is 1.50 bits per heavy atom. The molecule has 0 amide bonds. The second kappa shape index (κ2) is 4.85. The van der Waals surface area contributed by atoms with Crippen LogP contribution in [0.15, 0.2) is 30.9 Å². The van der Waals surface area contributed by atoms with E-state index in [4.69, 9.17) is 4.74 Å². The van der Waals surface area contributed by atoms with Crippen molar-refractivity contribution in [1.82, 2.24) is 0 Å². The van der Waals surface area contributed by atoms with Gasteiger partial charge in [-0.3, -0.25) is 0 Å². The van der Waals surface area contributed by atoms with E-state index >= 15 is 0 Å². The Balaban J connectivity index is 2.93. The predicted molar refractivity (Wildman–Crippen MR) is 61.0 cm³/mol. The zero-order valence-electron chi connectivity index (χ0n) is 9.21. The molecule has 0 bridgehead atoms. The Morgan fingerprint density at radius 3 is 2.71 bits per heavy atom. The fraction of sp³-hybridized carbons (Fsp3) is 0.385. The number of aryl methyl sites for hydroxylation is 1. The van der Waals surface area contributed by atoms with E-state index in [-0.39, 0.29) is 0 Å². The van der Waals surface area contributed by atoms with E-state index in [1.807, 2.05) is 19.1 Å². The number of benzene rings is 1. The molecule has 1 aromatic carbocycles. The van der Waals surface area contributed by atoms with Crippen LogP contribution in [-0.2, 0) is 0 Å². The highest BCUT2D eigenvalue weighted by atomic mass is 16.5. The van der Waals surface area contributed by atoms with Crippen LogP contribution in [0.5, 0.6) is 5.75 Å². The summed E-state index contributed by atoms with van der Waals surface area (Å²) < 4.78 is 5.48. The summed E-state index contributed by atoms with van der Waals surface area (Å²) in [6, 6.07) is 6.30. The van der Waals surface area contributed by atoms with Gasteiger partial charge in [-0.1, -0.05) is 25.1 Å². The average Bonchev–Trinajstić information content (AvgIpc) is 2.20. The summed E-state index contributed by atoms with van der Waals surface area (Å²) in [5.41, 5.74) is 2.49. The third-order valence-corrected chi connectivity index (χ3v) is 2.38. The first-order chi connectivity index (χ1) is 6.69. The maximum absolute atomic E-state index is 5.48. The Hall–Kier alpha value is -1.24. The van der Waals surface area contributed by atoms with Gasteiger partial charge in [-0.05, 0) is 37.0 Å². The quantitative estimate of drug-likeness (QED) is 0.658. The molecule has 1 aromatic rings. The Labute approximate surface area is 86.4 Å². The number of allylic oxidation sites excluding steroid dienone is 1. The van der Waals surface area contributed by atoms with Gasteiger partial charge in [0.2, 0.25) is 0 Å². The van der Waals surface area contributed by atoms with Crippen molar-refractivity contribution in [2.45, 2.75) is 26.7 Å². The van der Waals surface area contributed by atoms with Crippen molar-refractivity contribution in [2.75, 3.05) is 6.61 Å².